The van der Waals surface area contributed by atoms with E-state index >= 15 is 0 Å². The fourth-order valence-electron chi connectivity index (χ4n) is 1.41. The maximum Gasteiger partial charge on any atom is 0.147 e. The summed E-state index contributed by atoms with van der Waals surface area (Å²) < 4.78 is 0. The highest BCUT2D eigenvalue weighted by molar-refractivity contribution is 5.70. The van der Waals surface area contributed by atoms with Crippen molar-refractivity contribution in [3.05, 3.63) is 47.7 Å². The van der Waals surface area contributed by atoms with E-state index in [1.54, 1.807) is 6.08 Å². The molecular formula is C11H12N2O2. The first-order chi connectivity index (χ1) is 7.47. The third-order valence-electron chi connectivity index (χ3n) is 2.12. The predicted molar refractivity (Wildman–Crippen MR) is 56.8 cm³/mol. The number of hydrogen-bond donors (Lipinski definition) is 1. The summed E-state index contributed by atoms with van der Waals surface area (Å²) in [4.78, 5) is 8.24. The molecule has 4 heteroatoms. The van der Waals surface area contributed by atoms with Crippen LogP contribution < -0.4 is 5.32 Å². The minimum atomic E-state index is 1.05. The third kappa shape index (κ3) is 2.82. The summed E-state index contributed by atoms with van der Waals surface area (Å²) in [5.74, 6) is 0. The highest BCUT2D eigenvalue weighted by atomic mass is 17.3. The van der Waals surface area contributed by atoms with Crippen molar-refractivity contribution >= 4 is 6.21 Å². The lowest BCUT2D eigenvalue weighted by atomic mass is 10.1. The fraction of sp³-hybridized carbons (Fsp3) is 0.182. The second-order valence-electron chi connectivity index (χ2n) is 3.13. The Morgan fingerprint density at radius 2 is 1.87 bits per heavy atom. The van der Waals surface area contributed by atoms with Crippen LogP contribution in [0.25, 0.3) is 0 Å². The van der Waals surface area contributed by atoms with E-state index in [0.29, 0.717) is 0 Å². The zero-order valence-electron chi connectivity index (χ0n) is 8.22. The van der Waals surface area contributed by atoms with Crippen LogP contribution in [0, 0.1) is 0 Å². The van der Waals surface area contributed by atoms with Crippen LogP contribution in [0.5, 0.6) is 0 Å². The molecule has 1 aromatic carbocycles. The molecule has 3 rings (SSSR count). The Labute approximate surface area is 88.1 Å². The van der Waals surface area contributed by atoms with Crippen LogP contribution in [0.3, 0.4) is 0 Å². The molecule has 2 aliphatic heterocycles. The zero-order chi connectivity index (χ0) is 10.3. The summed E-state index contributed by atoms with van der Waals surface area (Å²) in [5.41, 5.74) is 2.91. The second kappa shape index (κ2) is 5.17. The highest BCUT2D eigenvalue weighted by Crippen LogP contribution is 2.12. The molecule has 0 fully saturated rings. The van der Waals surface area contributed by atoms with Gasteiger partial charge in [-0.3, -0.25) is 4.89 Å². The van der Waals surface area contributed by atoms with Crippen molar-refractivity contribution in [1.82, 2.24) is 5.32 Å². The van der Waals surface area contributed by atoms with E-state index in [1.165, 1.54) is 23.6 Å². The van der Waals surface area contributed by atoms with Crippen molar-refractivity contribution < 1.29 is 9.88 Å². The summed E-state index contributed by atoms with van der Waals surface area (Å²) in [7, 11) is 0. The van der Waals surface area contributed by atoms with Gasteiger partial charge >= 0.3 is 0 Å². The molecule has 0 atom stereocenters. The van der Waals surface area contributed by atoms with Gasteiger partial charge in [-0.1, -0.05) is 24.3 Å². The van der Waals surface area contributed by atoms with Gasteiger partial charge in [-0.15, -0.1) is 0 Å². The molecule has 2 aliphatic rings. The first kappa shape index (κ1) is 9.73. The van der Waals surface area contributed by atoms with Gasteiger partial charge in [-0.2, -0.15) is 4.99 Å². The van der Waals surface area contributed by atoms with E-state index in [4.69, 9.17) is 0 Å². The highest BCUT2D eigenvalue weighted by Gasteiger charge is 2.06. The van der Waals surface area contributed by atoms with E-state index in [0.717, 1.165) is 13.1 Å². The quantitative estimate of drug-likeness (QED) is 0.654. The Morgan fingerprint density at radius 1 is 1.13 bits per heavy atom. The van der Waals surface area contributed by atoms with Crippen molar-refractivity contribution in [3.8, 4) is 0 Å². The average Bonchev–Trinajstić information content (AvgIpc) is 2.80. The Balaban J connectivity index is 0.000000124. The van der Waals surface area contributed by atoms with E-state index in [-0.39, 0.29) is 0 Å². The van der Waals surface area contributed by atoms with Crippen LogP contribution >= 0.6 is 0 Å². The second-order valence-corrected chi connectivity index (χ2v) is 3.13. The lowest BCUT2D eigenvalue weighted by molar-refractivity contribution is -0.251. The van der Waals surface area contributed by atoms with Gasteiger partial charge in [-0.05, 0) is 22.4 Å². The minimum absolute atomic E-state index is 1.05. The fourth-order valence-corrected chi connectivity index (χ4v) is 1.41. The van der Waals surface area contributed by atoms with Gasteiger partial charge in [0.05, 0.1) is 6.21 Å². The number of rotatable bonds is 0. The largest absolute Gasteiger partial charge is 0.309 e. The standard InChI is InChI=1S/C8H9N.C3H3NO2/c1-2-4-8-6-9-5-7(8)3-1;1-2-4-6-5-3-1/h1-4,9H,5-6H2;1-3H. The Kier molecular flexibility index (Phi) is 3.35. The summed E-state index contributed by atoms with van der Waals surface area (Å²) in [6, 6.07) is 8.53. The molecule has 1 aromatic rings. The molecule has 15 heavy (non-hydrogen) atoms. The number of allylic oxidation sites excluding steroid dienone is 1. The minimum Gasteiger partial charge on any atom is -0.309 e. The van der Waals surface area contributed by atoms with Crippen LogP contribution in [0.1, 0.15) is 11.1 Å². The van der Waals surface area contributed by atoms with E-state index in [9.17, 15) is 0 Å². The molecule has 0 aliphatic carbocycles. The van der Waals surface area contributed by atoms with Crippen LogP contribution in [0.2, 0.25) is 0 Å². The number of nitrogens with zero attached hydrogens (tertiary/aromatic N) is 1. The lowest BCUT2D eigenvalue weighted by Gasteiger charge is -1.92. The third-order valence-corrected chi connectivity index (χ3v) is 2.12. The Hall–Kier alpha value is -1.81. The molecule has 4 nitrogen and oxygen atoms in total. The molecule has 0 amide bonds. The molecule has 0 unspecified atom stereocenters. The average molecular weight is 204 g/mol. The maximum atomic E-state index is 4.19. The topological polar surface area (TPSA) is 42.9 Å². The smallest absolute Gasteiger partial charge is 0.147 e. The van der Waals surface area contributed by atoms with Crippen molar-refractivity contribution in [1.29, 1.82) is 0 Å². The molecular weight excluding hydrogens is 192 g/mol. The number of hydrogen-bond acceptors (Lipinski definition) is 4. The molecule has 0 bridgehead atoms. The molecule has 0 aromatic heterocycles. The zero-order valence-corrected chi connectivity index (χ0v) is 8.22. The molecule has 2 heterocycles. The number of benzene rings is 1. The number of fused-ring (bicyclic) bond motifs is 1. The monoisotopic (exact) mass is 204 g/mol. The van der Waals surface area contributed by atoms with Crippen LogP contribution in [-0.2, 0) is 23.0 Å². The van der Waals surface area contributed by atoms with Crippen LogP contribution in [-0.4, -0.2) is 6.21 Å². The van der Waals surface area contributed by atoms with E-state index in [1.807, 2.05) is 0 Å². The number of nitrogens with one attached hydrogen (secondary N) is 1. The first-order valence-corrected chi connectivity index (χ1v) is 4.75. The summed E-state index contributed by atoms with van der Waals surface area (Å²) in [6.07, 6.45) is 4.51. The molecule has 0 radical (unpaired) electrons. The van der Waals surface area contributed by atoms with Gasteiger partial charge in [0.1, 0.15) is 6.26 Å². The van der Waals surface area contributed by atoms with Crippen molar-refractivity contribution in [2.75, 3.05) is 0 Å². The lowest BCUT2D eigenvalue weighted by Crippen LogP contribution is -1.99. The normalized spacial score (nSPS) is 15.7. The van der Waals surface area contributed by atoms with E-state index < -0.39 is 0 Å². The Bertz CT molecular complexity index is 340. The summed E-state index contributed by atoms with van der Waals surface area (Å²) >= 11 is 0. The van der Waals surface area contributed by atoms with Gasteiger partial charge in [0.15, 0.2) is 0 Å². The predicted octanol–water partition coefficient (Wildman–Crippen LogP) is 1.74. The van der Waals surface area contributed by atoms with Gasteiger partial charge in [0.25, 0.3) is 0 Å². The maximum absolute atomic E-state index is 4.19. The van der Waals surface area contributed by atoms with Gasteiger partial charge < -0.3 is 5.32 Å². The van der Waals surface area contributed by atoms with Crippen LogP contribution in [0.15, 0.2) is 41.8 Å². The van der Waals surface area contributed by atoms with Crippen molar-refractivity contribution in [2.24, 2.45) is 5.16 Å². The molecule has 78 valence electrons. The SMILES string of the molecule is C1=COON=C1.c1ccc2c(c1)CNC2. The van der Waals surface area contributed by atoms with E-state index in [2.05, 4.69) is 44.6 Å². The van der Waals surface area contributed by atoms with Crippen molar-refractivity contribution in [3.63, 3.8) is 0 Å². The Morgan fingerprint density at radius 3 is 2.27 bits per heavy atom. The molecule has 0 saturated heterocycles. The van der Waals surface area contributed by atoms with Crippen molar-refractivity contribution in [2.45, 2.75) is 13.1 Å². The van der Waals surface area contributed by atoms with Gasteiger partial charge in [0.2, 0.25) is 0 Å². The van der Waals surface area contributed by atoms with Gasteiger partial charge in [0, 0.05) is 13.1 Å². The first-order valence-electron chi connectivity index (χ1n) is 4.75. The molecule has 0 saturated carbocycles. The number of oxime groups is 1. The summed E-state index contributed by atoms with van der Waals surface area (Å²) in [6.45, 7) is 2.10. The van der Waals surface area contributed by atoms with Gasteiger partial charge in [-0.25, -0.2) is 0 Å². The summed E-state index contributed by atoms with van der Waals surface area (Å²) in [5, 5.41) is 6.53. The molecule has 0 spiro atoms. The molecule has 1 N–H and O–H groups in total. The van der Waals surface area contributed by atoms with Crippen LogP contribution in [0.4, 0.5) is 0 Å².